The van der Waals surface area contributed by atoms with Crippen LogP contribution in [0.15, 0.2) is 16.5 Å². The minimum atomic E-state index is -0.713. The zero-order valence-corrected chi connectivity index (χ0v) is 5.96. The van der Waals surface area contributed by atoms with Crippen LogP contribution in [0.25, 0.3) is 0 Å². The maximum absolute atomic E-state index is 11.9. The van der Waals surface area contributed by atoms with Gasteiger partial charge in [-0.1, -0.05) is 0 Å². The second-order valence-electron chi connectivity index (χ2n) is 2.22. The molecule has 3 N–H and O–H groups in total. The van der Waals surface area contributed by atoms with Gasteiger partial charge in [-0.2, -0.15) is 0 Å². The monoisotopic (exact) mass is 159 g/mol. The van der Waals surface area contributed by atoms with Crippen LogP contribution in [0.4, 0.5) is 4.39 Å². The van der Waals surface area contributed by atoms with Gasteiger partial charge in [0.25, 0.3) is 0 Å². The highest BCUT2D eigenvalue weighted by molar-refractivity contribution is 5.09. The van der Waals surface area contributed by atoms with Gasteiger partial charge in [-0.15, -0.1) is 0 Å². The predicted octanol–water partition coefficient (Wildman–Crippen LogP) is 0.741. The summed E-state index contributed by atoms with van der Waals surface area (Å²) in [5.41, 5.74) is 5.31. The molecule has 0 bridgehead atoms. The van der Waals surface area contributed by atoms with Crippen molar-refractivity contribution in [3.8, 4) is 0 Å². The third kappa shape index (κ3) is 1.78. The maximum atomic E-state index is 11.9. The van der Waals surface area contributed by atoms with E-state index in [9.17, 15) is 4.39 Å². The zero-order valence-electron chi connectivity index (χ0n) is 5.96. The number of hydrogen-bond acceptors (Lipinski definition) is 3. The molecule has 1 heterocycles. The lowest BCUT2D eigenvalue weighted by Gasteiger charge is -2.00. The first-order valence-electron chi connectivity index (χ1n) is 3.29. The van der Waals surface area contributed by atoms with E-state index in [0.717, 1.165) is 0 Å². The zero-order chi connectivity index (χ0) is 8.27. The first-order valence-corrected chi connectivity index (χ1v) is 3.29. The van der Waals surface area contributed by atoms with Crippen molar-refractivity contribution in [2.75, 3.05) is 6.67 Å². The molecule has 1 atom stereocenters. The van der Waals surface area contributed by atoms with Crippen LogP contribution in [0, 0.1) is 0 Å². The molecule has 0 spiro atoms. The van der Waals surface area contributed by atoms with Crippen LogP contribution in [0.2, 0.25) is 0 Å². The highest BCUT2D eigenvalue weighted by Gasteiger charge is 2.09. The summed E-state index contributed by atoms with van der Waals surface area (Å²) in [4.78, 5) is 0. The van der Waals surface area contributed by atoms with Crippen molar-refractivity contribution in [3.05, 3.63) is 23.7 Å². The molecule has 62 valence electrons. The average Bonchev–Trinajstić information content (AvgIpc) is 2.50. The standard InChI is InChI=1S/C7H10FNO2/c8-3-6(9)7-2-1-5(4-10)11-7/h1-2,6,10H,3-4,9H2/t6-/m1/s1. The molecule has 0 unspecified atom stereocenters. The quantitative estimate of drug-likeness (QED) is 0.683. The van der Waals surface area contributed by atoms with Crippen molar-refractivity contribution in [3.63, 3.8) is 0 Å². The Morgan fingerprint density at radius 2 is 2.36 bits per heavy atom. The summed E-state index contributed by atoms with van der Waals surface area (Å²) >= 11 is 0. The van der Waals surface area contributed by atoms with Gasteiger partial charge in [0, 0.05) is 0 Å². The Labute approximate surface area is 63.6 Å². The summed E-state index contributed by atoms with van der Waals surface area (Å²) < 4.78 is 16.9. The normalized spacial score (nSPS) is 13.4. The second kappa shape index (κ2) is 3.50. The third-order valence-electron chi connectivity index (χ3n) is 1.37. The number of furan rings is 1. The fourth-order valence-electron chi connectivity index (χ4n) is 0.755. The van der Waals surface area contributed by atoms with E-state index in [1.807, 2.05) is 0 Å². The lowest BCUT2D eigenvalue weighted by Crippen LogP contribution is -2.10. The topological polar surface area (TPSA) is 59.4 Å². The molecule has 1 aromatic heterocycles. The van der Waals surface area contributed by atoms with Gasteiger partial charge in [0.05, 0.1) is 6.04 Å². The smallest absolute Gasteiger partial charge is 0.129 e. The molecule has 0 fully saturated rings. The van der Waals surface area contributed by atoms with Crippen molar-refractivity contribution in [2.45, 2.75) is 12.6 Å². The molecule has 0 saturated heterocycles. The van der Waals surface area contributed by atoms with Gasteiger partial charge in [-0.25, -0.2) is 4.39 Å². The third-order valence-corrected chi connectivity index (χ3v) is 1.37. The van der Waals surface area contributed by atoms with E-state index in [0.29, 0.717) is 11.5 Å². The van der Waals surface area contributed by atoms with E-state index >= 15 is 0 Å². The van der Waals surface area contributed by atoms with Gasteiger partial charge < -0.3 is 15.3 Å². The number of hydrogen-bond donors (Lipinski definition) is 2. The molecule has 0 aromatic carbocycles. The number of aliphatic hydroxyl groups excluding tert-OH is 1. The molecule has 0 radical (unpaired) electrons. The fourth-order valence-corrected chi connectivity index (χ4v) is 0.755. The highest BCUT2D eigenvalue weighted by Crippen LogP contribution is 2.14. The van der Waals surface area contributed by atoms with Crippen molar-refractivity contribution >= 4 is 0 Å². The van der Waals surface area contributed by atoms with Gasteiger partial charge in [-0.3, -0.25) is 0 Å². The fraction of sp³-hybridized carbons (Fsp3) is 0.429. The van der Waals surface area contributed by atoms with E-state index in [-0.39, 0.29) is 6.61 Å². The van der Waals surface area contributed by atoms with Crippen molar-refractivity contribution in [1.29, 1.82) is 0 Å². The number of alkyl halides is 1. The Morgan fingerprint density at radius 1 is 1.64 bits per heavy atom. The van der Waals surface area contributed by atoms with Crippen molar-refractivity contribution in [1.82, 2.24) is 0 Å². The van der Waals surface area contributed by atoms with Crippen LogP contribution in [-0.2, 0) is 6.61 Å². The van der Waals surface area contributed by atoms with Gasteiger partial charge in [0.2, 0.25) is 0 Å². The van der Waals surface area contributed by atoms with Crippen LogP contribution in [0.3, 0.4) is 0 Å². The molecule has 0 amide bonds. The molecule has 0 aliphatic heterocycles. The molecule has 0 saturated carbocycles. The summed E-state index contributed by atoms with van der Waals surface area (Å²) in [5, 5.41) is 8.58. The first-order chi connectivity index (χ1) is 5.27. The molecule has 0 aliphatic carbocycles. The van der Waals surface area contributed by atoms with Gasteiger partial charge >= 0.3 is 0 Å². The average molecular weight is 159 g/mol. The van der Waals surface area contributed by atoms with Crippen molar-refractivity contribution in [2.24, 2.45) is 5.73 Å². The Morgan fingerprint density at radius 3 is 2.82 bits per heavy atom. The molecule has 3 nitrogen and oxygen atoms in total. The molecule has 1 aromatic rings. The summed E-state index contributed by atoms with van der Waals surface area (Å²) in [6, 6.07) is 2.43. The number of aliphatic hydroxyl groups is 1. The Balaban J connectivity index is 2.71. The largest absolute Gasteiger partial charge is 0.462 e. The van der Waals surface area contributed by atoms with Crippen LogP contribution in [-0.4, -0.2) is 11.8 Å². The molecule has 4 heteroatoms. The SMILES string of the molecule is N[C@H](CF)c1ccc(CO)o1. The Kier molecular flexibility index (Phi) is 2.62. The van der Waals surface area contributed by atoms with E-state index in [4.69, 9.17) is 15.3 Å². The van der Waals surface area contributed by atoms with Crippen LogP contribution in [0.5, 0.6) is 0 Å². The number of halogens is 1. The second-order valence-corrected chi connectivity index (χ2v) is 2.22. The summed E-state index contributed by atoms with van der Waals surface area (Å²) in [5.74, 6) is 0.778. The van der Waals surface area contributed by atoms with Crippen molar-refractivity contribution < 1.29 is 13.9 Å². The molecule has 1 rings (SSSR count). The lowest BCUT2D eigenvalue weighted by molar-refractivity contribution is 0.239. The first kappa shape index (κ1) is 8.23. The van der Waals surface area contributed by atoms with Gasteiger partial charge in [0.1, 0.15) is 24.8 Å². The van der Waals surface area contributed by atoms with E-state index < -0.39 is 12.7 Å². The van der Waals surface area contributed by atoms with Crippen LogP contribution < -0.4 is 5.73 Å². The molecule has 11 heavy (non-hydrogen) atoms. The lowest BCUT2D eigenvalue weighted by atomic mass is 10.3. The molecular weight excluding hydrogens is 149 g/mol. The van der Waals surface area contributed by atoms with Gasteiger partial charge in [0.15, 0.2) is 0 Å². The van der Waals surface area contributed by atoms with Gasteiger partial charge in [-0.05, 0) is 12.1 Å². The number of nitrogens with two attached hydrogens (primary N) is 1. The summed E-state index contributed by atoms with van der Waals surface area (Å²) in [6.07, 6.45) is 0. The predicted molar refractivity (Wildman–Crippen MR) is 37.5 cm³/mol. The Bertz CT molecular complexity index is 224. The Hall–Kier alpha value is -0.870. The minimum absolute atomic E-state index is 0.182. The molecular formula is C7H10FNO2. The maximum Gasteiger partial charge on any atom is 0.129 e. The molecule has 0 aliphatic rings. The highest BCUT2D eigenvalue weighted by atomic mass is 19.1. The minimum Gasteiger partial charge on any atom is -0.462 e. The van der Waals surface area contributed by atoms with Crippen LogP contribution in [0.1, 0.15) is 17.6 Å². The number of rotatable bonds is 3. The van der Waals surface area contributed by atoms with E-state index in [2.05, 4.69) is 0 Å². The summed E-state index contributed by atoms with van der Waals surface area (Å²) in [6.45, 7) is -0.836. The van der Waals surface area contributed by atoms with E-state index in [1.54, 1.807) is 12.1 Å². The van der Waals surface area contributed by atoms with E-state index in [1.165, 1.54) is 0 Å². The van der Waals surface area contributed by atoms with Crippen LogP contribution >= 0.6 is 0 Å². The summed E-state index contributed by atoms with van der Waals surface area (Å²) in [7, 11) is 0.